The van der Waals surface area contributed by atoms with Gasteiger partial charge in [-0.15, -0.1) is 5.06 Å². The van der Waals surface area contributed by atoms with Crippen LogP contribution in [-0.2, 0) is 19.2 Å². The Kier molecular flexibility index (Phi) is 8.14. The number of likely N-dealkylation sites (N-methyl/N-ethyl adjacent to an activating group) is 1. The van der Waals surface area contributed by atoms with Gasteiger partial charge >= 0.3 is 12.1 Å². The van der Waals surface area contributed by atoms with Crippen LogP contribution in [0.5, 0.6) is 0 Å². The van der Waals surface area contributed by atoms with E-state index < -0.39 is 0 Å². The highest BCUT2D eigenvalue weighted by Crippen LogP contribution is 2.18. The molecule has 2 aliphatic heterocycles. The molecule has 0 spiro atoms. The highest BCUT2D eigenvalue weighted by Gasteiger charge is 2.25. The first-order chi connectivity index (χ1) is 12.1. The van der Waals surface area contributed by atoms with Gasteiger partial charge in [0, 0.05) is 52.1 Å². The van der Waals surface area contributed by atoms with Gasteiger partial charge < -0.3 is 24.2 Å². The Morgan fingerprint density at radius 1 is 1.08 bits per heavy atom. The zero-order chi connectivity index (χ0) is 18.1. The van der Waals surface area contributed by atoms with Crippen LogP contribution < -0.4 is 0 Å². The van der Waals surface area contributed by atoms with Crippen LogP contribution in [0.2, 0.25) is 0 Å². The second kappa shape index (κ2) is 10.4. The van der Waals surface area contributed by atoms with E-state index in [1.807, 2.05) is 7.05 Å². The molecular formula is C17H29N3O5. The fourth-order valence-corrected chi connectivity index (χ4v) is 2.96. The molecule has 0 radical (unpaired) electrons. The quantitative estimate of drug-likeness (QED) is 0.496. The minimum Gasteiger partial charge on any atom is -0.449 e. The first-order valence-electron chi connectivity index (χ1n) is 9.08. The van der Waals surface area contributed by atoms with Crippen molar-refractivity contribution in [3.05, 3.63) is 0 Å². The number of rotatable bonds is 7. The van der Waals surface area contributed by atoms with Crippen LogP contribution in [-0.4, -0.2) is 86.1 Å². The fraction of sp³-hybridized carbons (Fsp3) is 0.824. The van der Waals surface area contributed by atoms with E-state index in [4.69, 9.17) is 9.57 Å². The summed E-state index contributed by atoms with van der Waals surface area (Å²) in [5.74, 6) is 0.0169. The van der Waals surface area contributed by atoms with Crippen molar-refractivity contribution in [1.82, 2.24) is 14.9 Å². The summed E-state index contributed by atoms with van der Waals surface area (Å²) < 4.78 is 5.45. The average Bonchev–Trinajstić information content (AvgIpc) is 2.62. The van der Waals surface area contributed by atoms with Crippen LogP contribution in [0.25, 0.3) is 0 Å². The number of amides is 1. The number of hydrogen-bond acceptors (Lipinski definition) is 7. The molecule has 0 atom stereocenters. The van der Waals surface area contributed by atoms with Gasteiger partial charge in [-0.25, -0.2) is 4.79 Å². The number of hydrogen-bond donors (Lipinski definition) is 0. The number of unbranched alkanes of at least 4 members (excludes halogenated alkanes) is 1. The van der Waals surface area contributed by atoms with Crippen molar-refractivity contribution in [3.63, 3.8) is 0 Å². The van der Waals surface area contributed by atoms with Crippen LogP contribution in [0, 0.1) is 5.92 Å². The Morgan fingerprint density at radius 3 is 2.40 bits per heavy atom. The third-order valence-corrected chi connectivity index (χ3v) is 4.71. The minimum atomic E-state index is -0.290. The Morgan fingerprint density at radius 2 is 1.76 bits per heavy atom. The van der Waals surface area contributed by atoms with E-state index in [0.29, 0.717) is 51.5 Å². The molecule has 0 aromatic heterocycles. The molecule has 0 aliphatic carbocycles. The molecule has 0 unspecified atom stereocenters. The molecule has 142 valence electrons. The fourth-order valence-electron chi connectivity index (χ4n) is 2.96. The minimum absolute atomic E-state index is 0.225. The maximum atomic E-state index is 12.1. The number of nitrogens with zero attached hydrogens (tertiary/aromatic N) is 3. The monoisotopic (exact) mass is 355 g/mol. The smallest absolute Gasteiger partial charge is 0.409 e. The molecule has 2 saturated heterocycles. The summed E-state index contributed by atoms with van der Waals surface area (Å²) in [5.41, 5.74) is 0. The van der Waals surface area contributed by atoms with Gasteiger partial charge in [0.15, 0.2) is 0 Å². The van der Waals surface area contributed by atoms with Crippen molar-refractivity contribution in [3.8, 4) is 0 Å². The lowest BCUT2D eigenvalue weighted by Gasteiger charge is -2.33. The molecule has 0 aromatic rings. The highest BCUT2D eigenvalue weighted by molar-refractivity contribution is 5.69. The van der Waals surface area contributed by atoms with E-state index in [0.717, 1.165) is 32.2 Å². The molecule has 25 heavy (non-hydrogen) atoms. The summed E-state index contributed by atoms with van der Waals surface area (Å²) in [5, 5.41) is 1.67. The molecule has 8 heteroatoms. The number of carbonyl (C=O) groups excluding carboxylic acids is 3. The van der Waals surface area contributed by atoms with Gasteiger partial charge in [-0.05, 0) is 32.2 Å². The van der Waals surface area contributed by atoms with Gasteiger partial charge in [0.25, 0.3) is 0 Å². The molecule has 2 heterocycles. The van der Waals surface area contributed by atoms with Crippen molar-refractivity contribution >= 4 is 18.3 Å². The summed E-state index contributed by atoms with van der Waals surface area (Å²) in [6.07, 6.45) is 3.42. The second-order valence-electron chi connectivity index (χ2n) is 6.76. The van der Waals surface area contributed by atoms with Crippen molar-refractivity contribution in [2.75, 3.05) is 52.9 Å². The first kappa shape index (κ1) is 19.7. The number of carbonyl (C=O) groups is 3. The van der Waals surface area contributed by atoms with E-state index in [9.17, 15) is 14.4 Å². The lowest BCUT2D eigenvalue weighted by molar-refractivity contribution is -0.197. The summed E-state index contributed by atoms with van der Waals surface area (Å²) in [7, 11) is 2.05. The van der Waals surface area contributed by atoms with Crippen LogP contribution >= 0.6 is 0 Å². The predicted molar refractivity (Wildman–Crippen MR) is 90.7 cm³/mol. The zero-order valence-corrected chi connectivity index (χ0v) is 15.0. The molecule has 0 N–H and O–H groups in total. The second-order valence-corrected chi connectivity index (χ2v) is 6.76. The van der Waals surface area contributed by atoms with Gasteiger partial charge in [0.2, 0.25) is 0 Å². The summed E-state index contributed by atoms with van der Waals surface area (Å²) in [6.45, 7) is 4.91. The van der Waals surface area contributed by atoms with E-state index in [1.165, 1.54) is 0 Å². The Labute approximate surface area is 149 Å². The summed E-state index contributed by atoms with van der Waals surface area (Å²) in [6, 6.07) is 0. The van der Waals surface area contributed by atoms with E-state index in [1.54, 1.807) is 9.96 Å². The molecule has 1 amide bonds. The zero-order valence-electron chi connectivity index (χ0n) is 15.0. The Hall–Kier alpha value is -1.67. The number of aldehydes is 1. The third kappa shape index (κ3) is 6.99. The largest absolute Gasteiger partial charge is 0.449 e. The third-order valence-electron chi connectivity index (χ3n) is 4.71. The van der Waals surface area contributed by atoms with E-state index in [-0.39, 0.29) is 18.5 Å². The molecule has 2 fully saturated rings. The normalized spacial score (nSPS) is 20.3. The molecule has 2 rings (SSSR count). The van der Waals surface area contributed by atoms with E-state index >= 15 is 0 Å². The lowest BCUT2D eigenvalue weighted by atomic mass is 9.99. The van der Waals surface area contributed by atoms with Crippen molar-refractivity contribution in [1.29, 1.82) is 0 Å². The number of piperazine rings is 1. The molecule has 8 nitrogen and oxygen atoms in total. The van der Waals surface area contributed by atoms with Crippen LogP contribution in [0.4, 0.5) is 4.79 Å². The van der Waals surface area contributed by atoms with Crippen LogP contribution in [0.1, 0.15) is 32.1 Å². The standard InChI is InChI=1S/C17H29N3O5/c1-18-9-11-19(12-10-18)17(23)24-14-15-5-7-20(8-6-15)25-16(22)4-2-3-13-21/h13,15H,2-12,14H2,1H3. The van der Waals surface area contributed by atoms with Crippen molar-refractivity contribution < 1.29 is 24.0 Å². The summed E-state index contributed by atoms with van der Waals surface area (Å²) >= 11 is 0. The molecule has 0 aromatic carbocycles. The maximum Gasteiger partial charge on any atom is 0.409 e. The Bertz CT molecular complexity index is 444. The molecule has 0 bridgehead atoms. The van der Waals surface area contributed by atoms with Gasteiger partial charge in [0.1, 0.15) is 6.29 Å². The summed E-state index contributed by atoms with van der Waals surface area (Å²) in [4.78, 5) is 43.1. The number of piperidine rings is 1. The van der Waals surface area contributed by atoms with Gasteiger partial charge in [0.05, 0.1) is 6.61 Å². The van der Waals surface area contributed by atoms with Crippen molar-refractivity contribution in [2.24, 2.45) is 5.92 Å². The topological polar surface area (TPSA) is 79.4 Å². The van der Waals surface area contributed by atoms with E-state index in [2.05, 4.69) is 4.90 Å². The average molecular weight is 355 g/mol. The van der Waals surface area contributed by atoms with Gasteiger partial charge in [-0.1, -0.05) is 0 Å². The number of ether oxygens (including phenoxy) is 1. The van der Waals surface area contributed by atoms with Crippen LogP contribution in [0.3, 0.4) is 0 Å². The molecule has 0 saturated carbocycles. The lowest BCUT2D eigenvalue weighted by Crippen LogP contribution is -2.47. The predicted octanol–water partition coefficient (Wildman–Crippen LogP) is 0.910. The van der Waals surface area contributed by atoms with Gasteiger partial charge in [-0.2, -0.15) is 0 Å². The highest BCUT2D eigenvalue weighted by atomic mass is 16.7. The van der Waals surface area contributed by atoms with Crippen LogP contribution in [0.15, 0.2) is 0 Å². The van der Waals surface area contributed by atoms with Crippen molar-refractivity contribution in [2.45, 2.75) is 32.1 Å². The Balaban J connectivity index is 1.58. The number of hydroxylamine groups is 2. The SMILES string of the molecule is CN1CCN(C(=O)OCC2CCN(OC(=O)CCCC=O)CC2)CC1. The maximum absolute atomic E-state index is 12.1. The molecule has 2 aliphatic rings. The first-order valence-corrected chi connectivity index (χ1v) is 9.08. The van der Waals surface area contributed by atoms with Gasteiger partial charge in [-0.3, -0.25) is 4.79 Å². The molecular weight excluding hydrogens is 326 g/mol.